The van der Waals surface area contributed by atoms with Crippen LogP contribution in [0.5, 0.6) is 0 Å². The Bertz CT molecular complexity index is 2840. The van der Waals surface area contributed by atoms with Gasteiger partial charge in [-0.05, 0) is 70.3 Å². The van der Waals surface area contributed by atoms with Gasteiger partial charge in [-0.3, -0.25) is 0 Å². The van der Waals surface area contributed by atoms with Crippen molar-refractivity contribution in [2.24, 2.45) is 0 Å². The molecule has 0 aliphatic carbocycles. The molecule has 2 nitrogen and oxygen atoms in total. The highest BCUT2D eigenvalue weighted by molar-refractivity contribution is 6.18. The lowest BCUT2D eigenvalue weighted by Crippen LogP contribution is -1.98. The lowest BCUT2D eigenvalue weighted by molar-refractivity contribution is 1.17. The zero-order valence-corrected chi connectivity index (χ0v) is 27.4. The molecule has 2 aromatic heterocycles. The summed E-state index contributed by atoms with van der Waals surface area (Å²) in [5, 5.41) is 5.01. The summed E-state index contributed by atoms with van der Waals surface area (Å²) >= 11 is 0. The molecule has 0 aliphatic heterocycles. The number of aromatic nitrogens is 2. The van der Waals surface area contributed by atoms with Crippen LogP contribution in [-0.2, 0) is 0 Å². The van der Waals surface area contributed by atoms with E-state index in [9.17, 15) is 0 Å². The monoisotopic (exact) mass is 636 g/mol. The molecule has 8 aromatic carbocycles. The minimum absolute atomic E-state index is 1.15. The fourth-order valence-corrected chi connectivity index (χ4v) is 8.00. The van der Waals surface area contributed by atoms with Gasteiger partial charge in [0.15, 0.2) is 0 Å². The summed E-state index contributed by atoms with van der Waals surface area (Å²) in [6.45, 7) is 0. The topological polar surface area (TPSA) is 9.86 Å². The Morgan fingerprint density at radius 3 is 1.40 bits per heavy atom. The summed E-state index contributed by atoms with van der Waals surface area (Å²) in [7, 11) is 0. The van der Waals surface area contributed by atoms with Crippen molar-refractivity contribution in [3.63, 3.8) is 0 Å². The molecule has 0 aliphatic rings. The predicted octanol–water partition coefficient (Wildman–Crippen LogP) is 12.9. The lowest BCUT2D eigenvalue weighted by atomic mass is 9.99. The number of nitrogens with zero attached hydrogens (tertiary/aromatic N) is 2. The van der Waals surface area contributed by atoms with Gasteiger partial charge in [-0.25, -0.2) is 0 Å². The zero-order chi connectivity index (χ0) is 33.0. The number of fused-ring (bicyclic) bond motifs is 6. The predicted molar refractivity (Wildman–Crippen MR) is 211 cm³/mol. The van der Waals surface area contributed by atoms with Crippen LogP contribution < -0.4 is 0 Å². The van der Waals surface area contributed by atoms with Crippen LogP contribution >= 0.6 is 0 Å². The van der Waals surface area contributed by atoms with Crippen LogP contribution in [0.3, 0.4) is 0 Å². The number of hydrogen-bond donors (Lipinski definition) is 0. The van der Waals surface area contributed by atoms with E-state index in [1.807, 2.05) is 0 Å². The van der Waals surface area contributed by atoms with Crippen LogP contribution in [0.4, 0.5) is 0 Å². The number of hydrogen-bond acceptors (Lipinski definition) is 0. The van der Waals surface area contributed by atoms with Gasteiger partial charge in [0.2, 0.25) is 0 Å². The van der Waals surface area contributed by atoms with Gasteiger partial charge in [-0.15, -0.1) is 0 Å². The molecular weight excluding hydrogens is 605 g/mol. The second kappa shape index (κ2) is 11.5. The van der Waals surface area contributed by atoms with Gasteiger partial charge in [0.1, 0.15) is 0 Å². The summed E-state index contributed by atoms with van der Waals surface area (Å²) < 4.78 is 4.91. The molecule has 0 atom stereocenters. The van der Waals surface area contributed by atoms with Crippen molar-refractivity contribution in [3.05, 3.63) is 194 Å². The van der Waals surface area contributed by atoms with Crippen molar-refractivity contribution >= 4 is 43.6 Å². The van der Waals surface area contributed by atoms with E-state index in [4.69, 9.17) is 0 Å². The SMILES string of the molecule is c1ccc(-c2ccccc2-n2c3ccc(-n4c5ccccc5c5c(-c6ccccc6)cccc54)cc3c3c(-c4ccccc4)cccc32)cc1. The quantitative estimate of drug-likeness (QED) is 0.178. The maximum Gasteiger partial charge on any atom is 0.0547 e. The first-order valence-corrected chi connectivity index (χ1v) is 17.2. The van der Waals surface area contributed by atoms with Crippen molar-refractivity contribution < 1.29 is 0 Å². The fraction of sp³-hybridized carbons (Fsp3) is 0. The Kier molecular flexibility index (Phi) is 6.53. The van der Waals surface area contributed by atoms with E-state index < -0.39 is 0 Å². The van der Waals surface area contributed by atoms with Crippen LogP contribution in [0.25, 0.3) is 88.4 Å². The summed E-state index contributed by atoms with van der Waals surface area (Å²) in [5.74, 6) is 0. The molecule has 0 saturated carbocycles. The molecule has 2 heteroatoms. The summed E-state index contributed by atoms with van der Waals surface area (Å²) in [4.78, 5) is 0. The summed E-state index contributed by atoms with van der Waals surface area (Å²) in [6.07, 6.45) is 0. The normalized spacial score (nSPS) is 11.6. The Morgan fingerprint density at radius 2 is 0.740 bits per heavy atom. The van der Waals surface area contributed by atoms with Gasteiger partial charge in [-0.2, -0.15) is 0 Å². The Balaban J connectivity index is 1.31. The molecule has 10 aromatic rings. The van der Waals surface area contributed by atoms with Crippen LogP contribution in [0, 0.1) is 0 Å². The van der Waals surface area contributed by atoms with Gasteiger partial charge in [0.05, 0.1) is 27.8 Å². The molecule has 50 heavy (non-hydrogen) atoms. The third kappa shape index (κ3) is 4.36. The first-order valence-electron chi connectivity index (χ1n) is 17.2. The van der Waals surface area contributed by atoms with Crippen LogP contribution in [-0.4, -0.2) is 9.13 Å². The molecule has 0 radical (unpaired) electrons. The molecule has 0 N–H and O–H groups in total. The molecule has 2 heterocycles. The Hall–Kier alpha value is -6.64. The van der Waals surface area contributed by atoms with E-state index in [2.05, 4.69) is 203 Å². The largest absolute Gasteiger partial charge is 0.309 e. The molecule has 0 spiro atoms. The van der Waals surface area contributed by atoms with Crippen molar-refractivity contribution in [2.75, 3.05) is 0 Å². The fourth-order valence-electron chi connectivity index (χ4n) is 8.00. The minimum atomic E-state index is 1.15. The molecular formula is C48H32N2. The second-order valence-electron chi connectivity index (χ2n) is 12.9. The average molecular weight is 637 g/mol. The summed E-state index contributed by atoms with van der Waals surface area (Å²) in [6, 6.07) is 70.3. The average Bonchev–Trinajstić information content (AvgIpc) is 3.71. The van der Waals surface area contributed by atoms with E-state index in [1.54, 1.807) is 0 Å². The maximum atomic E-state index is 2.46. The van der Waals surface area contributed by atoms with E-state index in [-0.39, 0.29) is 0 Å². The minimum Gasteiger partial charge on any atom is -0.309 e. The second-order valence-corrected chi connectivity index (χ2v) is 12.9. The van der Waals surface area contributed by atoms with Crippen molar-refractivity contribution in [1.82, 2.24) is 9.13 Å². The number of para-hydroxylation sites is 2. The van der Waals surface area contributed by atoms with Gasteiger partial charge in [0, 0.05) is 32.8 Å². The van der Waals surface area contributed by atoms with Crippen LogP contribution in [0.1, 0.15) is 0 Å². The summed E-state index contributed by atoms with van der Waals surface area (Å²) in [5.41, 5.74) is 14.4. The molecule has 234 valence electrons. The van der Waals surface area contributed by atoms with Crippen LogP contribution in [0.2, 0.25) is 0 Å². The number of benzene rings is 8. The standard InChI is InChI=1S/C48H32N2/c1-4-16-33(17-5-1)37-22-10-12-26-42(37)50-44-31-30-36(32-41(44)48-39(25-15-29-46(48)50)35-20-8-3-9-21-35)49-43-27-13-11-23-40(43)47-38(24-14-28-45(47)49)34-18-6-2-7-19-34/h1-32H. The van der Waals surface area contributed by atoms with Gasteiger partial charge >= 0.3 is 0 Å². The third-order valence-corrected chi connectivity index (χ3v) is 10.1. The third-order valence-electron chi connectivity index (χ3n) is 10.1. The van der Waals surface area contributed by atoms with E-state index in [0.717, 1.165) is 5.69 Å². The van der Waals surface area contributed by atoms with Gasteiger partial charge < -0.3 is 9.13 Å². The van der Waals surface area contributed by atoms with Crippen LogP contribution in [0.15, 0.2) is 194 Å². The highest BCUT2D eigenvalue weighted by Gasteiger charge is 2.21. The van der Waals surface area contributed by atoms with Gasteiger partial charge in [-0.1, -0.05) is 152 Å². The molecule has 0 bridgehead atoms. The van der Waals surface area contributed by atoms with E-state index in [0.29, 0.717) is 0 Å². The Labute approximate surface area is 290 Å². The first kappa shape index (κ1) is 28.4. The van der Waals surface area contributed by atoms with E-state index in [1.165, 1.54) is 82.7 Å². The Morgan fingerprint density at radius 1 is 0.280 bits per heavy atom. The van der Waals surface area contributed by atoms with Crippen molar-refractivity contribution in [1.29, 1.82) is 0 Å². The van der Waals surface area contributed by atoms with Gasteiger partial charge in [0.25, 0.3) is 0 Å². The maximum absolute atomic E-state index is 2.46. The van der Waals surface area contributed by atoms with E-state index >= 15 is 0 Å². The highest BCUT2D eigenvalue weighted by atomic mass is 15.0. The number of rotatable bonds is 5. The lowest BCUT2D eigenvalue weighted by Gasteiger charge is -2.14. The molecule has 0 saturated heterocycles. The molecule has 0 unspecified atom stereocenters. The first-order chi connectivity index (χ1) is 24.8. The smallest absolute Gasteiger partial charge is 0.0547 e. The zero-order valence-electron chi connectivity index (χ0n) is 27.4. The molecule has 0 fully saturated rings. The van der Waals surface area contributed by atoms with Crippen molar-refractivity contribution in [2.45, 2.75) is 0 Å². The molecule has 0 amide bonds. The van der Waals surface area contributed by atoms with Crippen molar-refractivity contribution in [3.8, 4) is 44.8 Å². The molecule has 10 rings (SSSR count). The highest BCUT2D eigenvalue weighted by Crippen LogP contribution is 2.43.